The summed E-state index contributed by atoms with van der Waals surface area (Å²) >= 11 is 0. The first kappa shape index (κ1) is 17.9. The Morgan fingerprint density at radius 2 is 1.68 bits per heavy atom. The molecule has 0 bridgehead atoms. The highest BCUT2D eigenvalue weighted by molar-refractivity contribution is 5.89. The lowest BCUT2D eigenvalue weighted by molar-refractivity contribution is -0.160. The molecule has 7 nitrogen and oxygen atoms in total. The Morgan fingerprint density at radius 1 is 1.00 bits per heavy atom. The Kier molecular flexibility index (Phi) is 5.62. The molecule has 0 fully saturated rings. The summed E-state index contributed by atoms with van der Waals surface area (Å²) in [5, 5.41) is 37.0. The Morgan fingerprint density at radius 3 is 2.28 bits per heavy atom. The van der Waals surface area contributed by atoms with Crippen molar-refractivity contribution in [3.8, 4) is 17.2 Å². The molecule has 2 rings (SSSR count). The van der Waals surface area contributed by atoms with Gasteiger partial charge in [0.1, 0.15) is 5.75 Å². The van der Waals surface area contributed by atoms with Gasteiger partial charge in [-0.3, -0.25) is 0 Å². The number of benzene rings is 2. The van der Waals surface area contributed by atoms with Gasteiger partial charge in [-0.25, -0.2) is 9.59 Å². The number of carbonyl (C=O) groups excluding carboxylic acids is 1. The number of rotatable bonds is 6. The topological polar surface area (TPSA) is 124 Å². The molecule has 25 heavy (non-hydrogen) atoms. The van der Waals surface area contributed by atoms with Crippen LogP contribution in [0.4, 0.5) is 0 Å². The maximum Gasteiger partial charge on any atom is 0.345 e. The average Bonchev–Trinajstić information content (AvgIpc) is 2.57. The SMILES string of the molecule is O=C(/C=C/c1ccc(O)cc1)OC(Cc1ccc(O)c(O)c1)C(=O)O. The van der Waals surface area contributed by atoms with Crippen LogP contribution in [0.1, 0.15) is 11.1 Å². The van der Waals surface area contributed by atoms with E-state index in [0.717, 1.165) is 6.08 Å². The number of hydrogen-bond donors (Lipinski definition) is 4. The summed E-state index contributed by atoms with van der Waals surface area (Å²) in [5.74, 6) is -2.81. The minimum Gasteiger partial charge on any atom is -0.508 e. The number of carbonyl (C=O) groups is 2. The fourth-order valence-electron chi connectivity index (χ4n) is 2.02. The Labute approximate surface area is 143 Å². The predicted molar refractivity (Wildman–Crippen MR) is 88.1 cm³/mol. The lowest BCUT2D eigenvalue weighted by Crippen LogP contribution is -2.28. The molecule has 1 unspecified atom stereocenters. The molecule has 0 aliphatic heterocycles. The lowest BCUT2D eigenvalue weighted by atomic mass is 10.1. The van der Waals surface area contributed by atoms with E-state index in [-0.39, 0.29) is 23.7 Å². The summed E-state index contributed by atoms with van der Waals surface area (Å²) in [6.45, 7) is 0. The van der Waals surface area contributed by atoms with Crippen LogP contribution in [-0.4, -0.2) is 38.5 Å². The second-order valence-corrected chi connectivity index (χ2v) is 5.22. The van der Waals surface area contributed by atoms with Crippen LogP contribution >= 0.6 is 0 Å². The van der Waals surface area contributed by atoms with E-state index in [1.54, 1.807) is 12.1 Å². The molecule has 7 heteroatoms. The summed E-state index contributed by atoms with van der Waals surface area (Å²) in [6, 6.07) is 9.89. The van der Waals surface area contributed by atoms with Crippen molar-refractivity contribution in [2.75, 3.05) is 0 Å². The van der Waals surface area contributed by atoms with Gasteiger partial charge in [0.2, 0.25) is 6.10 Å². The van der Waals surface area contributed by atoms with Crippen LogP contribution in [-0.2, 0) is 20.7 Å². The van der Waals surface area contributed by atoms with Crippen LogP contribution in [0.5, 0.6) is 17.2 Å². The fourth-order valence-corrected chi connectivity index (χ4v) is 2.02. The van der Waals surface area contributed by atoms with Crippen molar-refractivity contribution in [3.05, 3.63) is 59.7 Å². The van der Waals surface area contributed by atoms with Crippen LogP contribution in [0.25, 0.3) is 6.08 Å². The average molecular weight is 344 g/mol. The first-order valence-electron chi connectivity index (χ1n) is 7.26. The van der Waals surface area contributed by atoms with Gasteiger partial charge in [0, 0.05) is 12.5 Å². The number of esters is 1. The number of aliphatic carboxylic acids is 1. The second-order valence-electron chi connectivity index (χ2n) is 5.22. The summed E-state index contributed by atoms with van der Waals surface area (Å²) in [6.07, 6.45) is 0.895. The third-order valence-electron chi connectivity index (χ3n) is 3.30. The molecule has 4 N–H and O–H groups in total. The van der Waals surface area contributed by atoms with Crippen molar-refractivity contribution in [3.63, 3.8) is 0 Å². The summed E-state index contributed by atoms with van der Waals surface area (Å²) in [4.78, 5) is 23.1. The molecular weight excluding hydrogens is 328 g/mol. The maximum atomic E-state index is 11.8. The van der Waals surface area contributed by atoms with E-state index in [2.05, 4.69) is 0 Å². The van der Waals surface area contributed by atoms with Crippen LogP contribution in [0, 0.1) is 0 Å². The third kappa shape index (κ3) is 5.28. The molecule has 0 amide bonds. The molecule has 2 aromatic rings. The van der Waals surface area contributed by atoms with Gasteiger partial charge in [-0.15, -0.1) is 0 Å². The number of hydrogen-bond acceptors (Lipinski definition) is 6. The van der Waals surface area contributed by atoms with Crippen LogP contribution < -0.4 is 0 Å². The smallest absolute Gasteiger partial charge is 0.345 e. The van der Waals surface area contributed by atoms with E-state index in [1.807, 2.05) is 0 Å². The number of ether oxygens (including phenoxy) is 1. The van der Waals surface area contributed by atoms with Gasteiger partial charge in [-0.05, 0) is 41.5 Å². The van der Waals surface area contributed by atoms with Crippen molar-refractivity contribution in [1.29, 1.82) is 0 Å². The number of carboxylic acids is 1. The molecule has 130 valence electrons. The normalized spacial score (nSPS) is 12.0. The molecular formula is C18H16O7. The maximum absolute atomic E-state index is 11.8. The molecule has 0 aliphatic carbocycles. The number of carboxylic acid groups (broad SMARTS) is 1. The minimum atomic E-state index is -1.44. The molecule has 1 atom stereocenters. The van der Waals surface area contributed by atoms with Gasteiger partial charge < -0.3 is 25.2 Å². The first-order chi connectivity index (χ1) is 11.8. The van der Waals surface area contributed by atoms with E-state index in [1.165, 1.54) is 36.4 Å². The van der Waals surface area contributed by atoms with Crippen LogP contribution in [0.15, 0.2) is 48.5 Å². The van der Waals surface area contributed by atoms with Gasteiger partial charge in [-0.1, -0.05) is 18.2 Å². The molecule has 0 spiro atoms. The van der Waals surface area contributed by atoms with Crippen molar-refractivity contribution < 1.29 is 34.8 Å². The van der Waals surface area contributed by atoms with E-state index in [9.17, 15) is 30.0 Å². The molecule has 0 aliphatic rings. The molecule has 2 aromatic carbocycles. The largest absolute Gasteiger partial charge is 0.508 e. The Hall–Kier alpha value is -3.48. The van der Waals surface area contributed by atoms with Crippen molar-refractivity contribution in [2.45, 2.75) is 12.5 Å². The molecule has 0 heterocycles. The van der Waals surface area contributed by atoms with Crippen LogP contribution in [0.3, 0.4) is 0 Å². The summed E-state index contributed by atoms with van der Waals surface area (Å²) in [5.41, 5.74) is 1.02. The summed E-state index contributed by atoms with van der Waals surface area (Å²) in [7, 11) is 0. The van der Waals surface area contributed by atoms with Gasteiger partial charge in [-0.2, -0.15) is 0 Å². The van der Waals surface area contributed by atoms with E-state index < -0.39 is 18.0 Å². The van der Waals surface area contributed by atoms with Gasteiger partial charge in [0.25, 0.3) is 0 Å². The third-order valence-corrected chi connectivity index (χ3v) is 3.30. The Bertz CT molecular complexity index is 794. The van der Waals surface area contributed by atoms with Gasteiger partial charge in [0.05, 0.1) is 0 Å². The summed E-state index contributed by atoms with van der Waals surface area (Å²) < 4.78 is 4.91. The van der Waals surface area contributed by atoms with Gasteiger partial charge in [0.15, 0.2) is 11.5 Å². The number of phenols is 3. The fraction of sp³-hybridized carbons (Fsp3) is 0.111. The monoisotopic (exact) mass is 344 g/mol. The van der Waals surface area contributed by atoms with E-state index in [4.69, 9.17) is 4.74 Å². The zero-order valence-electron chi connectivity index (χ0n) is 13.0. The molecule has 0 aromatic heterocycles. The zero-order valence-corrected chi connectivity index (χ0v) is 13.0. The predicted octanol–water partition coefficient (Wildman–Crippen LogP) is 2.06. The van der Waals surface area contributed by atoms with Gasteiger partial charge >= 0.3 is 11.9 Å². The quantitative estimate of drug-likeness (QED) is 0.359. The van der Waals surface area contributed by atoms with E-state index in [0.29, 0.717) is 11.1 Å². The number of aromatic hydroxyl groups is 3. The first-order valence-corrected chi connectivity index (χ1v) is 7.26. The lowest BCUT2D eigenvalue weighted by Gasteiger charge is -2.13. The molecule has 0 saturated heterocycles. The zero-order chi connectivity index (χ0) is 18.4. The standard InChI is InChI=1S/C18H16O7/c19-13-5-1-11(2-6-13)4-8-17(22)25-16(18(23)24)10-12-3-7-14(20)15(21)9-12/h1-9,16,19-21H,10H2,(H,23,24)/b8-4+. The minimum absolute atomic E-state index is 0.0859. The molecule has 0 saturated carbocycles. The highest BCUT2D eigenvalue weighted by atomic mass is 16.6. The molecule has 0 radical (unpaired) electrons. The van der Waals surface area contributed by atoms with Crippen molar-refractivity contribution >= 4 is 18.0 Å². The highest BCUT2D eigenvalue weighted by Crippen LogP contribution is 2.25. The van der Waals surface area contributed by atoms with Crippen LogP contribution in [0.2, 0.25) is 0 Å². The number of phenolic OH excluding ortho intramolecular Hbond substituents is 3. The van der Waals surface area contributed by atoms with Crippen molar-refractivity contribution in [2.24, 2.45) is 0 Å². The van der Waals surface area contributed by atoms with Crippen molar-refractivity contribution in [1.82, 2.24) is 0 Å². The van der Waals surface area contributed by atoms with E-state index >= 15 is 0 Å². The Balaban J connectivity index is 2.02. The second kappa shape index (κ2) is 7.87. The highest BCUT2D eigenvalue weighted by Gasteiger charge is 2.22.